The van der Waals surface area contributed by atoms with Crippen molar-refractivity contribution >= 4 is 29.2 Å². The van der Waals surface area contributed by atoms with Crippen LogP contribution in [0.2, 0.25) is 0 Å². The summed E-state index contributed by atoms with van der Waals surface area (Å²) in [5.41, 5.74) is 5.09. The van der Waals surface area contributed by atoms with E-state index < -0.39 is 17.9 Å². The standard InChI is InChI=1S/C39H35N7O7S/c47-24-25-4-6-26(7-5-25)35-19-43-36(54-35)34-3-1-2-30(44-34)20-45(21-31-16-27(37(48)49)8-11-40-31)14-15-46(22-32-17-28(38(50)51)9-12-41-32)23-33-18-29(39(52)53)10-13-42-33/h1-13,16-19,47H,14-15,20-24H2,(H,48,49)(H,50,51)(H,52,53). The first-order chi connectivity index (χ1) is 26.1. The van der Waals surface area contributed by atoms with E-state index in [9.17, 15) is 34.8 Å². The minimum absolute atomic E-state index is 0.0310. The molecule has 5 heterocycles. The van der Waals surface area contributed by atoms with Crippen molar-refractivity contribution < 1.29 is 34.8 Å². The first kappa shape index (κ1) is 37.5. The summed E-state index contributed by atoms with van der Waals surface area (Å²) >= 11 is 1.50. The number of carboxylic acid groups (broad SMARTS) is 3. The number of rotatable bonds is 17. The molecule has 14 nitrogen and oxygen atoms in total. The number of nitrogens with zero attached hydrogens (tertiary/aromatic N) is 7. The van der Waals surface area contributed by atoms with E-state index >= 15 is 0 Å². The van der Waals surface area contributed by atoms with Gasteiger partial charge in [-0.25, -0.2) is 24.4 Å². The van der Waals surface area contributed by atoms with Crippen LogP contribution in [0.25, 0.3) is 21.1 Å². The van der Waals surface area contributed by atoms with Crippen LogP contribution in [-0.2, 0) is 32.8 Å². The maximum Gasteiger partial charge on any atom is 0.335 e. The number of aliphatic hydroxyl groups is 1. The monoisotopic (exact) mass is 745 g/mol. The minimum Gasteiger partial charge on any atom is -0.478 e. The molecule has 0 aliphatic rings. The molecule has 0 radical (unpaired) electrons. The van der Waals surface area contributed by atoms with Gasteiger partial charge in [-0.15, -0.1) is 11.3 Å². The van der Waals surface area contributed by atoms with Crippen LogP contribution in [0.15, 0.2) is 104 Å². The largest absolute Gasteiger partial charge is 0.478 e. The van der Waals surface area contributed by atoms with E-state index in [1.807, 2.05) is 47.4 Å². The minimum atomic E-state index is -1.08. The van der Waals surface area contributed by atoms with Gasteiger partial charge in [0.1, 0.15) is 5.01 Å². The maximum absolute atomic E-state index is 11.8. The molecule has 4 N–H and O–H groups in total. The summed E-state index contributed by atoms with van der Waals surface area (Å²) in [5.74, 6) is -3.22. The molecular weight excluding hydrogens is 711 g/mol. The predicted molar refractivity (Wildman–Crippen MR) is 199 cm³/mol. The normalized spacial score (nSPS) is 11.2. The van der Waals surface area contributed by atoms with E-state index in [1.165, 1.54) is 66.3 Å². The van der Waals surface area contributed by atoms with Crippen LogP contribution in [0.1, 0.15) is 59.4 Å². The molecule has 0 spiro atoms. The number of aliphatic hydroxyl groups excluding tert-OH is 1. The highest BCUT2D eigenvalue weighted by molar-refractivity contribution is 7.18. The van der Waals surface area contributed by atoms with Crippen molar-refractivity contribution in [2.45, 2.75) is 32.8 Å². The molecule has 0 aliphatic heterocycles. The van der Waals surface area contributed by atoms with Gasteiger partial charge in [-0.2, -0.15) is 0 Å². The summed E-state index contributed by atoms with van der Waals surface area (Å²) in [6.45, 7) is 1.92. The molecule has 0 atom stereocenters. The second-order valence-electron chi connectivity index (χ2n) is 12.3. The fourth-order valence-corrected chi connectivity index (χ4v) is 6.60. The second-order valence-corrected chi connectivity index (χ2v) is 13.4. The maximum atomic E-state index is 11.8. The quantitative estimate of drug-likeness (QED) is 0.0930. The van der Waals surface area contributed by atoms with Gasteiger partial charge in [-0.3, -0.25) is 24.8 Å². The highest BCUT2D eigenvalue weighted by Crippen LogP contribution is 2.31. The number of aromatic nitrogens is 5. The zero-order valence-corrected chi connectivity index (χ0v) is 29.6. The van der Waals surface area contributed by atoms with Crippen molar-refractivity contribution in [2.24, 2.45) is 0 Å². The molecule has 0 unspecified atom stereocenters. The Bertz CT molecular complexity index is 2210. The fourth-order valence-electron chi connectivity index (χ4n) is 5.71. The molecule has 6 aromatic rings. The van der Waals surface area contributed by atoms with Crippen LogP contribution in [0, 0.1) is 0 Å². The van der Waals surface area contributed by atoms with Crippen molar-refractivity contribution in [3.8, 4) is 21.1 Å². The number of carbonyl (C=O) groups is 3. The zero-order chi connectivity index (χ0) is 38.0. The first-order valence-corrected chi connectivity index (χ1v) is 17.6. The first-order valence-electron chi connectivity index (χ1n) is 16.7. The Balaban J connectivity index is 1.26. The third kappa shape index (κ3) is 9.99. The van der Waals surface area contributed by atoms with E-state index in [-0.39, 0.29) is 42.9 Å². The number of benzene rings is 1. The average molecular weight is 746 g/mol. The summed E-state index contributed by atoms with van der Waals surface area (Å²) in [4.78, 5) is 62.9. The van der Waals surface area contributed by atoms with Crippen molar-refractivity contribution in [1.82, 2.24) is 34.7 Å². The zero-order valence-electron chi connectivity index (χ0n) is 28.8. The Morgan fingerprint density at radius 1 is 0.593 bits per heavy atom. The van der Waals surface area contributed by atoms with Crippen molar-refractivity contribution in [3.63, 3.8) is 0 Å². The lowest BCUT2D eigenvalue weighted by Crippen LogP contribution is -2.35. The lowest BCUT2D eigenvalue weighted by atomic mass is 10.1. The SMILES string of the molecule is O=C(O)c1ccnc(CN(CCN(Cc2cc(C(=O)O)ccn2)Cc2cccc(-c3ncc(-c4ccc(CO)cc4)s3)n2)Cc2cc(C(=O)O)ccn2)c1. The Morgan fingerprint density at radius 2 is 1.07 bits per heavy atom. The molecule has 15 heteroatoms. The van der Waals surface area contributed by atoms with Crippen LogP contribution in [0.3, 0.4) is 0 Å². The van der Waals surface area contributed by atoms with Crippen molar-refractivity contribution in [1.29, 1.82) is 0 Å². The van der Waals surface area contributed by atoms with Gasteiger partial charge in [-0.1, -0.05) is 30.3 Å². The Labute approximate surface area is 313 Å². The van der Waals surface area contributed by atoms with Gasteiger partial charge >= 0.3 is 17.9 Å². The summed E-state index contributed by atoms with van der Waals surface area (Å²) in [5, 5.41) is 38.9. The molecule has 0 saturated heterocycles. The third-order valence-electron chi connectivity index (χ3n) is 8.42. The Morgan fingerprint density at radius 3 is 1.54 bits per heavy atom. The van der Waals surface area contributed by atoms with Gasteiger partial charge in [0.2, 0.25) is 0 Å². The van der Waals surface area contributed by atoms with Crippen LogP contribution in [-0.4, -0.2) is 86.1 Å². The lowest BCUT2D eigenvalue weighted by molar-refractivity contribution is 0.0685. The highest BCUT2D eigenvalue weighted by Gasteiger charge is 2.18. The van der Waals surface area contributed by atoms with Gasteiger partial charge in [0.05, 0.1) is 56.6 Å². The van der Waals surface area contributed by atoms with Crippen LogP contribution >= 0.6 is 11.3 Å². The number of hydrogen-bond donors (Lipinski definition) is 4. The fraction of sp³-hybridized carbons (Fsp3) is 0.179. The van der Waals surface area contributed by atoms with Gasteiger partial charge < -0.3 is 20.4 Å². The van der Waals surface area contributed by atoms with Crippen molar-refractivity contribution in [3.05, 3.63) is 149 Å². The molecule has 0 saturated carbocycles. The van der Waals surface area contributed by atoms with E-state index in [4.69, 9.17) is 4.98 Å². The number of aromatic carboxylic acids is 3. The summed E-state index contributed by atoms with van der Waals surface area (Å²) < 4.78 is 0. The van der Waals surface area contributed by atoms with Gasteiger partial charge in [0.25, 0.3) is 0 Å². The number of hydrogen-bond acceptors (Lipinski definition) is 12. The highest BCUT2D eigenvalue weighted by atomic mass is 32.1. The van der Waals surface area contributed by atoms with E-state index in [2.05, 4.69) is 24.8 Å². The summed E-state index contributed by atoms with van der Waals surface area (Å²) in [6.07, 6.45) is 6.13. The molecule has 1 aromatic carbocycles. The molecule has 5 aromatic heterocycles. The summed E-state index contributed by atoms with van der Waals surface area (Å²) in [7, 11) is 0. The average Bonchev–Trinajstić information content (AvgIpc) is 3.68. The molecule has 0 aliphatic carbocycles. The van der Waals surface area contributed by atoms with Crippen molar-refractivity contribution in [2.75, 3.05) is 13.1 Å². The molecule has 6 rings (SSSR count). The smallest absolute Gasteiger partial charge is 0.335 e. The molecule has 0 amide bonds. The lowest BCUT2D eigenvalue weighted by Gasteiger charge is -2.27. The number of thiazole rings is 1. The third-order valence-corrected chi connectivity index (χ3v) is 9.49. The van der Waals surface area contributed by atoms with E-state index in [0.717, 1.165) is 26.7 Å². The van der Waals surface area contributed by atoms with Crippen LogP contribution < -0.4 is 0 Å². The molecule has 0 bridgehead atoms. The van der Waals surface area contributed by atoms with Gasteiger partial charge in [-0.05, 0) is 59.7 Å². The number of pyridine rings is 4. The Kier molecular flexibility index (Phi) is 12.2. The van der Waals surface area contributed by atoms with Gasteiger partial charge in [0.15, 0.2) is 0 Å². The second kappa shape index (κ2) is 17.5. The molecule has 274 valence electrons. The predicted octanol–water partition coefficient (Wildman–Crippen LogP) is 5.35. The van der Waals surface area contributed by atoms with E-state index in [0.29, 0.717) is 42.4 Å². The summed E-state index contributed by atoms with van der Waals surface area (Å²) in [6, 6.07) is 22.1. The van der Waals surface area contributed by atoms with Gasteiger partial charge in [0, 0.05) is 64.1 Å². The van der Waals surface area contributed by atoms with E-state index in [1.54, 1.807) is 6.20 Å². The molecule has 0 fully saturated rings. The topological polar surface area (TPSA) is 203 Å². The molecular formula is C39H35N7O7S. The van der Waals surface area contributed by atoms with Crippen LogP contribution in [0.5, 0.6) is 0 Å². The van der Waals surface area contributed by atoms with Crippen LogP contribution in [0.4, 0.5) is 0 Å². The Hall–Kier alpha value is -6.26. The molecule has 54 heavy (non-hydrogen) atoms. The number of carboxylic acids is 3.